The van der Waals surface area contributed by atoms with Crippen LogP contribution in [0.25, 0.3) is 0 Å². The van der Waals surface area contributed by atoms with Crippen LogP contribution in [0.2, 0.25) is 10.0 Å². The minimum Gasteiger partial charge on any atom is -0.354 e. The Hall–Kier alpha value is -2.36. The molecule has 0 bridgehead atoms. The Balaban J connectivity index is 2.39. The first kappa shape index (κ1) is 26.9. The Morgan fingerprint density at radius 3 is 2.42 bits per heavy atom. The number of nitrogens with one attached hydrogen (secondary N) is 1. The number of halogens is 3. The van der Waals surface area contributed by atoms with E-state index in [1.165, 1.54) is 11.0 Å². The lowest BCUT2D eigenvalue weighted by molar-refractivity contribution is -0.139. The van der Waals surface area contributed by atoms with Gasteiger partial charge in [0.25, 0.3) is 0 Å². The SMILES string of the molecule is CCCNC(=O)[C@@H](C)N(Cc1cccc(Cl)c1)C(=O)CN(c1ccc(F)c(Cl)c1)S(C)(=O)=O. The van der Waals surface area contributed by atoms with Crippen LogP contribution in [-0.4, -0.2) is 50.5 Å². The molecule has 0 heterocycles. The molecule has 0 aromatic heterocycles. The van der Waals surface area contributed by atoms with Crippen LogP contribution in [0.15, 0.2) is 42.5 Å². The first-order valence-corrected chi connectivity index (χ1v) is 12.8. The molecule has 2 aromatic rings. The van der Waals surface area contributed by atoms with Gasteiger partial charge in [-0.1, -0.05) is 42.3 Å². The summed E-state index contributed by atoms with van der Waals surface area (Å²) in [6.45, 7) is 3.32. The highest BCUT2D eigenvalue weighted by Gasteiger charge is 2.30. The summed E-state index contributed by atoms with van der Waals surface area (Å²) in [6.07, 6.45) is 1.64. The van der Waals surface area contributed by atoms with Gasteiger partial charge in [-0.05, 0) is 49.2 Å². The molecule has 0 aliphatic heterocycles. The molecular weight excluding hydrogens is 492 g/mol. The zero-order valence-electron chi connectivity index (χ0n) is 18.5. The van der Waals surface area contributed by atoms with Crippen molar-refractivity contribution in [3.05, 3.63) is 63.9 Å². The van der Waals surface area contributed by atoms with Crippen LogP contribution in [0.4, 0.5) is 10.1 Å². The lowest BCUT2D eigenvalue weighted by Gasteiger charge is -2.31. The second kappa shape index (κ2) is 11.7. The Kier molecular flexibility index (Phi) is 9.51. The van der Waals surface area contributed by atoms with Gasteiger partial charge in [0.05, 0.1) is 17.0 Å². The maximum absolute atomic E-state index is 13.6. The summed E-state index contributed by atoms with van der Waals surface area (Å²) in [5.74, 6) is -1.72. The number of carbonyl (C=O) groups excluding carboxylic acids is 2. The van der Waals surface area contributed by atoms with Crippen molar-refractivity contribution in [2.45, 2.75) is 32.9 Å². The Bertz CT molecular complexity index is 1110. The third kappa shape index (κ3) is 7.58. The standard InChI is InChI=1S/C22H26Cl2FN3O4S/c1-4-10-26-22(30)15(2)27(13-16-6-5-7-17(23)11-16)21(29)14-28(33(3,31)32)18-8-9-20(25)19(24)12-18/h5-9,11-12,15H,4,10,13-14H2,1-3H3,(H,26,30)/t15-/m1/s1. The van der Waals surface area contributed by atoms with Gasteiger partial charge in [0, 0.05) is 18.1 Å². The van der Waals surface area contributed by atoms with Crippen LogP contribution in [0.1, 0.15) is 25.8 Å². The lowest BCUT2D eigenvalue weighted by atomic mass is 10.1. The molecule has 0 saturated carbocycles. The number of rotatable bonds is 10. The quantitative estimate of drug-likeness (QED) is 0.518. The number of benzene rings is 2. The summed E-state index contributed by atoms with van der Waals surface area (Å²) in [6, 6.07) is 9.28. The Labute approximate surface area is 203 Å². The monoisotopic (exact) mass is 517 g/mol. The highest BCUT2D eigenvalue weighted by atomic mass is 35.5. The maximum atomic E-state index is 13.6. The zero-order valence-corrected chi connectivity index (χ0v) is 20.8. The van der Waals surface area contributed by atoms with E-state index in [9.17, 15) is 22.4 Å². The van der Waals surface area contributed by atoms with Crippen molar-refractivity contribution >= 4 is 50.7 Å². The number of anilines is 1. The number of hydrogen-bond acceptors (Lipinski definition) is 4. The predicted molar refractivity (Wildman–Crippen MR) is 128 cm³/mol. The van der Waals surface area contributed by atoms with Crippen molar-refractivity contribution in [2.75, 3.05) is 23.7 Å². The average molecular weight is 518 g/mol. The van der Waals surface area contributed by atoms with E-state index in [4.69, 9.17) is 23.2 Å². The van der Waals surface area contributed by atoms with Crippen molar-refractivity contribution < 1.29 is 22.4 Å². The second-order valence-electron chi connectivity index (χ2n) is 7.49. The first-order chi connectivity index (χ1) is 15.4. The Morgan fingerprint density at radius 2 is 1.85 bits per heavy atom. The molecule has 33 heavy (non-hydrogen) atoms. The van der Waals surface area contributed by atoms with Crippen molar-refractivity contribution in [1.82, 2.24) is 10.2 Å². The smallest absolute Gasteiger partial charge is 0.244 e. The van der Waals surface area contributed by atoms with E-state index >= 15 is 0 Å². The number of nitrogens with zero attached hydrogens (tertiary/aromatic N) is 2. The molecule has 0 spiro atoms. The molecule has 1 N–H and O–H groups in total. The molecule has 0 saturated heterocycles. The van der Waals surface area contributed by atoms with Gasteiger partial charge in [0.1, 0.15) is 18.4 Å². The topological polar surface area (TPSA) is 86.8 Å². The largest absolute Gasteiger partial charge is 0.354 e. The van der Waals surface area contributed by atoms with Crippen molar-refractivity contribution in [1.29, 1.82) is 0 Å². The van der Waals surface area contributed by atoms with Crippen LogP contribution in [0, 0.1) is 5.82 Å². The molecule has 2 amide bonds. The molecule has 0 aliphatic rings. The third-order valence-corrected chi connectivity index (χ3v) is 6.49. The highest BCUT2D eigenvalue weighted by Crippen LogP contribution is 2.25. The van der Waals surface area contributed by atoms with Crippen LogP contribution < -0.4 is 9.62 Å². The summed E-state index contributed by atoms with van der Waals surface area (Å²) in [7, 11) is -3.93. The molecule has 180 valence electrons. The normalized spacial score (nSPS) is 12.2. The van der Waals surface area contributed by atoms with Crippen LogP contribution in [0.3, 0.4) is 0 Å². The highest BCUT2D eigenvalue weighted by molar-refractivity contribution is 7.92. The fraction of sp³-hybridized carbons (Fsp3) is 0.364. The molecule has 11 heteroatoms. The van der Waals surface area contributed by atoms with Gasteiger partial charge in [-0.15, -0.1) is 0 Å². The van der Waals surface area contributed by atoms with Gasteiger partial charge in [0.2, 0.25) is 21.8 Å². The van der Waals surface area contributed by atoms with E-state index in [1.807, 2.05) is 6.92 Å². The summed E-state index contributed by atoms with van der Waals surface area (Å²) < 4.78 is 39.3. The van der Waals surface area contributed by atoms with E-state index in [-0.39, 0.29) is 23.2 Å². The van der Waals surface area contributed by atoms with E-state index in [2.05, 4.69) is 5.32 Å². The van der Waals surface area contributed by atoms with Crippen molar-refractivity contribution in [3.63, 3.8) is 0 Å². The van der Waals surface area contributed by atoms with Gasteiger partial charge in [-0.25, -0.2) is 12.8 Å². The van der Waals surface area contributed by atoms with Gasteiger partial charge in [-0.2, -0.15) is 0 Å². The number of carbonyl (C=O) groups is 2. The van der Waals surface area contributed by atoms with Gasteiger partial charge < -0.3 is 10.2 Å². The summed E-state index contributed by atoms with van der Waals surface area (Å²) >= 11 is 11.9. The van der Waals surface area contributed by atoms with Crippen LogP contribution in [0.5, 0.6) is 0 Å². The summed E-state index contributed by atoms with van der Waals surface area (Å²) in [5.41, 5.74) is 0.699. The van der Waals surface area contributed by atoms with Gasteiger partial charge in [-0.3, -0.25) is 13.9 Å². The number of hydrogen-bond donors (Lipinski definition) is 1. The molecule has 2 aromatic carbocycles. The van der Waals surface area contributed by atoms with E-state index in [0.717, 1.165) is 22.7 Å². The molecule has 0 aliphatic carbocycles. The lowest BCUT2D eigenvalue weighted by Crippen LogP contribution is -2.51. The predicted octanol–water partition coefficient (Wildman–Crippen LogP) is 3.84. The second-order valence-corrected chi connectivity index (χ2v) is 10.2. The fourth-order valence-corrected chi connectivity index (χ4v) is 4.29. The third-order valence-electron chi connectivity index (χ3n) is 4.83. The minimum atomic E-state index is -3.93. The number of amides is 2. The molecule has 2 rings (SSSR count). The molecular formula is C22H26Cl2FN3O4S. The fourth-order valence-electron chi connectivity index (χ4n) is 3.06. The Morgan fingerprint density at radius 1 is 1.15 bits per heavy atom. The summed E-state index contributed by atoms with van der Waals surface area (Å²) in [5, 5.41) is 2.92. The van der Waals surface area contributed by atoms with Crippen molar-refractivity contribution in [3.8, 4) is 0 Å². The minimum absolute atomic E-state index is 0.0296. The van der Waals surface area contributed by atoms with Crippen molar-refractivity contribution in [2.24, 2.45) is 0 Å². The zero-order chi connectivity index (χ0) is 24.8. The molecule has 0 unspecified atom stereocenters. The van der Waals surface area contributed by atoms with E-state index < -0.39 is 34.3 Å². The maximum Gasteiger partial charge on any atom is 0.244 e. The summed E-state index contributed by atoms with van der Waals surface area (Å²) in [4.78, 5) is 27.2. The molecule has 0 fully saturated rings. The van der Waals surface area contributed by atoms with Crippen LogP contribution in [-0.2, 0) is 26.2 Å². The average Bonchev–Trinajstić information content (AvgIpc) is 2.74. The van der Waals surface area contributed by atoms with Gasteiger partial charge in [0.15, 0.2) is 0 Å². The van der Waals surface area contributed by atoms with Crippen LogP contribution >= 0.6 is 23.2 Å². The number of sulfonamides is 1. The molecule has 1 atom stereocenters. The first-order valence-electron chi connectivity index (χ1n) is 10.2. The van der Waals surface area contributed by atoms with E-state index in [1.54, 1.807) is 31.2 Å². The van der Waals surface area contributed by atoms with E-state index in [0.29, 0.717) is 23.6 Å². The molecule has 0 radical (unpaired) electrons. The molecule has 7 nitrogen and oxygen atoms in total. The van der Waals surface area contributed by atoms with Gasteiger partial charge >= 0.3 is 0 Å².